The van der Waals surface area contributed by atoms with Crippen LogP contribution in [0.5, 0.6) is 0 Å². The Balaban J connectivity index is 1.83. The summed E-state index contributed by atoms with van der Waals surface area (Å²) in [6, 6.07) is 3.29. The molecule has 0 spiro atoms. The molecule has 1 N–H and O–H groups in total. The summed E-state index contributed by atoms with van der Waals surface area (Å²) in [4.78, 5) is 25.8. The Labute approximate surface area is 163 Å². The Kier molecular flexibility index (Phi) is 5.49. The summed E-state index contributed by atoms with van der Waals surface area (Å²) in [6.07, 6.45) is -6.98. The average Bonchev–Trinajstić information content (AvgIpc) is 3.23. The second-order valence-corrected chi connectivity index (χ2v) is 6.32. The number of hydrogen-bond donors (Lipinski definition) is 1. The molecule has 0 aromatic heterocycles. The molecule has 2 aliphatic heterocycles. The van der Waals surface area contributed by atoms with Crippen molar-refractivity contribution in [1.82, 2.24) is 5.32 Å². The molecule has 1 atom stereocenters. The highest BCUT2D eigenvalue weighted by molar-refractivity contribution is 7.80. The SMILES string of the molecule is COC(=S)NC[C@H]1CN(c2ccc(N3CCOC3=O)c(C(F)(F)F)c2)C(=O)O1. The molecule has 3 rings (SSSR count). The van der Waals surface area contributed by atoms with Crippen LogP contribution in [0.2, 0.25) is 0 Å². The Bertz CT molecular complexity index is 804. The molecule has 0 aliphatic carbocycles. The second kappa shape index (κ2) is 7.70. The van der Waals surface area contributed by atoms with E-state index in [1.54, 1.807) is 0 Å². The Hall–Kier alpha value is -2.76. The number of amides is 2. The molecule has 2 heterocycles. The Morgan fingerprint density at radius 2 is 2.07 bits per heavy atom. The van der Waals surface area contributed by atoms with Gasteiger partial charge in [0.25, 0.3) is 5.17 Å². The van der Waals surface area contributed by atoms with Crippen molar-refractivity contribution in [1.29, 1.82) is 0 Å². The zero-order valence-corrected chi connectivity index (χ0v) is 15.4. The van der Waals surface area contributed by atoms with Gasteiger partial charge in [-0.3, -0.25) is 9.80 Å². The van der Waals surface area contributed by atoms with E-state index in [2.05, 4.69) is 5.32 Å². The van der Waals surface area contributed by atoms with E-state index in [9.17, 15) is 22.8 Å². The van der Waals surface area contributed by atoms with Gasteiger partial charge in [0.2, 0.25) is 0 Å². The third-order valence-electron chi connectivity index (χ3n) is 4.18. The fraction of sp³-hybridized carbons (Fsp3) is 0.438. The normalized spacial score (nSPS) is 19.5. The Morgan fingerprint density at radius 1 is 1.32 bits per heavy atom. The fourth-order valence-electron chi connectivity index (χ4n) is 2.87. The molecule has 8 nitrogen and oxygen atoms in total. The fourth-order valence-corrected chi connectivity index (χ4v) is 2.96. The second-order valence-electron chi connectivity index (χ2n) is 5.95. The predicted molar refractivity (Wildman–Crippen MR) is 95.4 cm³/mol. The lowest BCUT2D eigenvalue weighted by atomic mass is 10.1. The molecule has 12 heteroatoms. The number of carbonyl (C=O) groups is 2. The van der Waals surface area contributed by atoms with Crippen molar-refractivity contribution in [2.24, 2.45) is 0 Å². The Morgan fingerprint density at radius 3 is 2.68 bits per heavy atom. The number of cyclic esters (lactones) is 2. The maximum Gasteiger partial charge on any atom is 0.418 e. The highest BCUT2D eigenvalue weighted by Gasteiger charge is 2.40. The highest BCUT2D eigenvalue weighted by Crippen LogP contribution is 2.40. The van der Waals surface area contributed by atoms with Crippen LogP contribution in [0.1, 0.15) is 5.56 Å². The molecule has 0 unspecified atom stereocenters. The summed E-state index contributed by atoms with van der Waals surface area (Å²) in [7, 11) is 1.37. The van der Waals surface area contributed by atoms with Crippen molar-refractivity contribution >= 4 is 41.0 Å². The minimum atomic E-state index is -4.73. The van der Waals surface area contributed by atoms with Gasteiger partial charge < -0.3 is 19.5 Å². The standard InChI is InChI=1S/C16H16F3N3O5S/c1-25-13(28)20-7-10-8-22(15(24)27-10)9-2-3-12(11(6-9)16(17,18)19)21-4-5-26-14(21)23/h2-3,6,10H,4-5,7-8H2,1H3,(H,20,28)/t10-/m0/s1. The number of rotatable bonds is 4. The summed E-state index contributed by atoms with van der Waals surface area (Å²) in [5.74, 6) is 0. The average molecular weight is 419 g/mol. The van der Waals surface area contributed by atoms with Crippen LogP contribution in [0.15, 0.2) is 18.2 Å². The van der Waals surface area contributed by atoms with Gasteiger partial charge in [-0.1, -0.05) is 0 Å². The number of thiocarbonyl (C=S) groups is 1. The maximum absolute atomic E-state index is 13.6. The number of ether oxygens (including phenoxy) is 3. The number of benzene rings is 1. The lowest BCUT2D eigenvalue weighted by Crippen LogP contribution is -2.34. The molecule has 2 aliphatic rings. The highest BCUT2D eigenvalue weighted by atomic mass is 32.1. The van der Waals surface area contributed by atoms with Crippen molar-refractivity contribution < 1.29 is 37.0 Å². The van der Waals surface area contributed by atoms with Crippen LogP contribution in [-0.4, -0.2) is 56.8 Å². The van der Waals surface area contributed by atoms with Crippen LogP contribution in [0.4, 0.5) is 34.1 Å². The third kappa shape index (κ3) is 4.06. The summed E-state index contributed by atoms with van der Waals surface area (Å²) in [5, 5.41) is 2.83. The number of nitrogens with zero attached hydrogens (tertiary/aromatic N) is 2. The summed E-state index contributed by atoms with van der Waals surface area (Å²) in [6.45, 7) is 0.202. The summed E-state index contributed by atoms with van der Waals surface area (Å²) in [5.41, 5.74) is -1.36. The van der Waals surface area contributed by atoms with E-state index in [1.165, 1.54) is 13.2 Å². The van der Waals surface area contributed by atoms with Crippen LogP contribution < -0.4 is 15.1 Å². The van der Waals surface area contributed by atoms with E-state index in [1.807, 2.05) is 0 Å². The zero-order valence-electron chi connectivity index (χ0n) is 14.6. The number of carbonyl (C=O) groups excluding carboxylic acids is 2. The van der Waals surface area contributed by atoms with Gasteiger partial charge in [-0.15, -0.1) is 0 Å². The maximum atomic E-state index is 13.6. The number of halogens is 3. The number of alkyl halides is 3. The van der Waals surface area contributed by atoms with E-state index in [4.69, 9.17) is 26.4 Å². The molecule has 1 aromatic rings. The van der Waals surface area contributed by atoms with Crippen molar-refractivity contribution in [2.45, 2.75) is 12.3 Å². The minimum Gasteiger partial charge on any atom is -0.474 e. The van der Waals surface area contributed by atoms with Crippen molar-refractivity contribution in [2.75, 3.05) is 43.2 Å². The molecule has 0 saturated carbocycles. The molecular formula is C16H16F3N3O5S. The van der Waals surface area contributed by atoms with Gasteiger partial charge in [0.05, 0.1) is 38.0 Å². The van der Waals surface area contributed by atoms with E-state index in [-0.39, 0.29) is 42.8 Å². The first-order valence-electron chi connectivity index (χ1n) is 8.16. The van der Waals surface area contributed by atoms with Crippen LogP contribution in [0.3, 0.4) is 0 Å². The topological polar surface area (TPSA) is 80.3 Å². The number of anilines is 2. The molecule has 28 heavy (non-hydrogen) atoms. The molecule has 1 aromatic carbocycles. The van der Waals surface area contributed by atoms with Crippen molar-refractivity contribution in [3.8, 4) is 0 Å². The lowest BCUT2D eigenvalue weighted by Gasteiger charge is -2.22. The van der Waals surface area contributed by atoms with Gasteiger partial charge in [-0.05, 0) is 30.4 Å². The van der Waals surface area contributed by atoms with Crippen molar-refractivity contribution in [3.63, 3.8) is 0 Å². The van der Waals surface area contributed by atoms with Crippen LogP contribution in [-0.2, 0) is 20.4 Å². The molecule has 2 amide bonds. The van der Waals surface area contributed by atoms with Crippen LogP contribution in [0.25, 0.3) is 0 Å². The zero-order chi connectivity index (χ0) is 20.5. The van der Waals surface area contributed by atoms with Crippen molar-refractivity contribution in [3.05, 3.63) is 23.8 Å². The van der Waals surface area contributed by atoms with E-state index < -0.39 is 30.0 Å². The van der Waals surface area contributed by atoms with Gasteiger partial charge in [-0.2, -0.15) is 13.2 Å². The molecule has 0 radical (unpaired) electrons. The number of hydrogen-bond acceptors (Lipinski definition) is 6. The van der Waals surface area contributed by atoms with Crippen LogP contribution >= 0.6 is 12.2 Å². The molecule has 2 fully saturated rings. The summed E-state index contributed by atoms with van der Waals surface area (Å²) >= 11 is 4.82. The minimum absolute atomic E-state index is 0.00505. The first kappa shape index (κ1) is 20.0. The smallest absolute Gasteiger partial charge is 0.418 e. The quantitative estimate of drug-likeness (QED) is 0.752. The van der Waals surface area contributed by atoms with Gasteiger partial charge >= 0.3 is 18.4 Å². The molecule has 2 saturated heterocycles. The van der Waals surface area contributed by atoms with Gasteiger partial charge in [-0.25, -0.2) is 9.59 Å². The van der Waals surface area contributed by atoms with E-state index >= 15 is 0 Å². The summed E-state index contributed by atoms with van der Waals surface area (Å²) < 4.78 is 55.3. The largest absolute Gasteiger partial charge is 0.474 e. The predicted octanol–water partition coefficient (Wildman–Crippen LogP) is 2.51. The third-order valence-corrected chi connectivity index (χ3v) is 4.49. The molecular weight excluding hydrogens is 403 g/mol. The number of nitrogens with one attached hydrogen (secondary N) is 1. The van der Waals surface area contributed by atoms with Crippen LogP contribution in [0, 0.1) is 0 Å². The molecule has 0 bridgehead atoms. The van der Waals surface area contributed by atoms with Gasteiger partial charge in [0, 0.05) is 5.69 Å². The first-order chi connectivity index (χ1) is 13.2. The van der Waals surface area contributed by atoms with Gasteiger partial charge in [0.1, 0.15) is 12.7 Å². The molecule has 152 valence electrons. The van der Waals surface area contributed by atoms with E-state index in [0.717, 1.165) is 21.9 Å². The number of methoxy groups -OCH3 is 1. The van der Waals surface area contributed by atoms with Gasteiger partial charge in [0.15, 0.2) is 0 Å². The monoisotopic (exact) mass is 419 g/mol. The lowest BCUT2D eigenvalue weighted by molar-refractivity contribution is -0.137. The first-order valence-corrected chi connectivity index (χ1v) is 8.57. The van der Waals surface area contributed by atoms with E-state index in [0.29, 0.717) is 0 Å².